The largest absolute Gasteiger partial charge is 0.338 e. The van der Waals surface area contributed by atoms with Crippen molar-refractivity contribution < 1.29 is 13.7 Å². The van der Waals surface area contributed by atoms with E-state index in [1.54, 1.807) is 25.1 Å². The minimum Gasteiger partial charge on any atom is -0.338 e. The topological polar surface area (TPSA) is 85.2 Å². The highest BCUT2D eigenvalue weighted by atomic mass is 19.1. The van der Waals surface area contributed by atoms with Crippen LogP contribution < -0.4 is 5.73 Å². The zero-order valence-electron chi connectivity index (χ0n) is 16.2. The molecule has 0 saturated carbocycles. The Kier molecular flexibility index (Phi) is 4.42. The zero-order chi connectivity index (χ0) is 20.1. The molecule has 2 aromatic heterocycles. The molecule has 0 aliphatic carbocycles. The molecule has 3 aromatic rings. The maximum Gasteiger partial charge on any atom is 0.259 e. The van der Waals surface area contributed by atoms with Gasteiger partial charge in [0.2, 0.25) is 0 Å². The number of piperidine rings is 1. The van der Waals surface area contributed by atoms with Crippen LogP contribution in [0.2, 0.25) is 0 Å². The summed E-state index contributed by atoms with van der Waals surface area (Å²) in [5.74, 6) is -0.425. The van der Waals surface area contributed by atoms with Crippen LogP contribution in [0.1, 0.15) is 36.3 Å². The van der Waals surface area contributed by atoms with Crippen LogP contribution in [0.15, 0.2) is 34.9 Å². The highest BCUT2D eigenvalue weighted by Crippen LogP contribution is 2.32. The fraction of sp³-hybridized carbons (Fsp3) is 0.381. The van der Waals surface area contributed by atoms with Crippen molar-refractivity contribution in [2.75, 3.05) is 13.1 Å². The van der Waals surface area contributed by atoms with Gasteiger partial charge in [0.05, 0.1) is 22.3 Å². The molecule has 1 unspecified atom stereocenters. The number of likely N-dealkylation sites (tertiary alicyclic amines) is 1. The highest BCUT2D eigenvalue weighted by molar-refractivity contribution is 6.07. The van der Waals surface area contributed by atoms with E-state index >= 15 is 0 Å². The number of carbonyl (C=O) groups is 1. The van der Waals surface area contributed by atoms with E-state index in [0.29, 0.717) is 46.7 Å². The Morgan fingerprint density at radius 1 is 1.32 bits per heavy atom. The summed E-state index contributed by atoms with van der Waals surface area (Å²) in [6, 6.07) is 7.78. The fourth-order valence-electron chi connectivity index (χ4n) is 3.75. The monoisotopic (exact) mass is 382 g/mol. The van der Waals surface area contributed by atoms with E-state index in [-0.39, 0.29) is 23.2 Å². The quantitative estimate of drug-likeness (QED) is 0.733. The lowest BCUT2D eigenvalue weighted by Gasteiger charge is -2.42. The summed E-state index contributed by atoms with van der Waals surface area (Å²) in [4.78, 5) is 19.7. The molecule has 0 radical (unpaired) electrons. The number of aromatic nitrogens is 2. The number of hydrogen-bond acceptors (Lipinski definition) is 5. The first-order valence-electron chi connectivity index (χ1n) is 9.34. The minimum atomic E-state index is -0.330. The summed E-state index contributed by atoms with van der Waals surface area (Å²) in [6.07, 6.45) is 0.750. The van der Waals surface area contributed by atoms with Gasteiger partial charge < -0.3 is 15.2 Å². The molecular weight excluding hydrogens is 359 g/mol. The third-order valence-electron chi connectivity index (χ3n) is 5.59. The average Bonchev–Trinajstić information content (AvgIpc) is 3.04. The molecule has 1 aliphatic heterocycles. The number of amides is 1. The SMILES string of the molecule is Cc1noc2nc(-c3ccc(F)cc3)cc(C(=O)N3CCC(N)C(C)(C)C3)c12. The number of nitrogens with zero attached hydrogens (tertiary/aromatic N) is 3. The van der Waals surface area contributed by atoms with Crippen molar-refractivity contribution >= 4 is 17.0 Å². The van der Waals surface area contributed by atoms with Crippen LogP contribution in [-0.4, -0.2) is 40.1 Å². The molecule has 0 spiro atoms. The van der Waals surface area contributed by atoms with Crippen LogP contribution in [0.5, 0.6) is 0 Å². The lowest BCUT2D eigenvalue weighted by molar-refractivity contribution is 0.0535. The van der Waals surface area contributed by atoms with Gasteiger partial charge in [-0.25, -0.2) is 9.37 Å². The number of halogens is 1. The lowest BCUT2D eigenvalue weighted by Crippen LogP contribution is -2.54. The smallest absolute Gasteiger partial charge is 0.259 e. The normalized spacial score (nSPS) is 19.2. The van der Waals surface area contributed by atoms with Crippen molar-refractivity contribution in [3.8, 4) is 11.3 Å². The molecule has 1 amide bonds. The Morgan fingerprint density at radius 2 is 2.04 bits per heavy atom. The van der Waals surface area contributed by atoms with Crippen LogP contribution >= 0.6 is 0 Å². The first-order chi connectivity index (χ1) is 13.3. The van der Waals surface area contributed by atoms with Crippen molar-refractivity contribution in [1.29, 1.82) is 0 Å². The number of nitrogens with two attached hydrogens (primary N) is 1. The van der Waals surface area contributed by atoms with Gasteiger partial charge in [-0.05, 0) is 49.1 Å². The maximum absolute atomic E-state index is 13.4. The number of pyridine rings is 1. The van der Waals surface area contributed by atoms with Gasteiger partial charge in [-0.15, -0.1) is 0 Å². The van der Waals surface area contributed by atoms with E-state index in [2.05, 4.69) is 24.0 Å². The summed E-state index contributed by atoms with van der Waals surface area (Å²) in [7, 11) is 0. The number of benzene rings is 1. The second-order valence-corrected chi connectivity index (χ2v) is 8.12. The molecule has 3 heterocycles. The number of fused-ring (bicyclic) bond motifs is 1. The number of hydrogen-bond donors (Lipinski definition) is 1. The first kappa shape index (κ1) is 18.6. The van der Waals surface area contributed by atoms with Gasteiger partial charge in [-0.1, -0.05) is 19.0 Å². The summed E-state index contributed by atoms with van der Waals surface area (Å²) >= 11 is 0. The summed E-state index contributed by atoms with van der Waals surface area (Å²) in [6.45, 7) is 7.12. The lowest BCUT2D eigenvalue weighted by atomic mass is 9.79. The third-order valence-corrected chi connectivity index (χ3v) is 5.59. The van der Waals surface area contributed by atoms with E-state index in [0.717, 1.165) is 6.42 Å². The van der Waals surface area contributed by atoms with Gasteiger partial charge in [0, 0.05) is 24.7 Å². The molecule has 4 rings (SSSR count). The molecule has 28 heavy (non-hydrogen) atoms. The Hall–Kier alpha value is -2.80. The number of carbonyl (C=O) groups excluding carboxylic acids is 1. The summed E-state index contributed by atoms with van der Waals surface area (Å²) < 4.78 is 18.6. The van der Waals surface area contributed by atoms with Crippen LogP contribution in [0, 0.1) is 18.2 Å². The molecule has 6 nitrogen and oxygen atoms in total. The van der Waals surface area contributed by atoms with Gasteiger partial charge in [-0.2, -0.15) is 0 Å². The number of aryl methyl sites for hydroxylation is 1. The van der Waals surface area contributed by atoms with Crippen molar-refractivity contribution in [2.45, 2.75) is 33.2 Å². The molecule has 1 fully saturated rings. The molecule has 1 aliphatic rings. The highest BCUT2D eigenvalue weighted by Gasteiger charge is 2.36. The summed E-state index contributed by atoms with van der Waals surface area (Å²) in [5.41, 5.74) is 8.71. The second-order valence-electron chi connectivity index (χ2n) is 8.12. The van der Waals surface area contributed by atoms with Crippen molar-refractivity contribution in [3.05, 3.63) is 47.4 Å². The third kappa shape index (κ3) is 3.16. The van der Waals surface area contributed by atoms with Crippen molar-refractivity contribution in [2.24, 2.45) is 11.1 Å². The molecule has 1 atom stereocenters. The van der Waals surface area contributed by atoms with E-state index in [9.17, 15) is 9.18 Å². The zero-order valence-corrected chi connectivity index (χ0v) is 16.2. The Morgan fingerprint density at radius 3 is 2.71 bits per heavy atom. The molecule has 0 bridgehead atoms. The standard InChI is InChI=1S/C21H23FN4O2/c1-12-18-15(20(27)26-9-8-17(23)21(2,3)11-26)10-16(24-19(18)28-25-12)13-4-6-14(22)7-5-13/h4-7,10,17H,8-9,11,23H2,1-3H3. The molecule has 2 N–H and O–H groups in total. The molecule has 1 saturated heterocycles. The minimum absolute atomic E-state index is 0.0566. The predicted molar refractivity (Wildman–Crippen MR) is 104 cm³/mol. The van der Waals surface area contributed by atoms with Gasteiger partial charge in [-0.3, -0.25) is 4.79 Å². The van der Waals surface area contributed by atoms with Crippen molar-refractivity contribution in [1.82, 2.24) is 15.0 Å². The predicted octanol–water partition coefficient (Wildman–Crippen LogP) is 3.54. The second kappa shape index (κ2) is 6.67. The van der Waals surface area contributed by atoms with Crippen LogP contribution in [0.3, 0.4) is 0 Å². The van der Waals surface area contributed by atoms with E-state index < -0.39 is 0 Å². The Bertz CT molecular complexity index is 1040. The van der Waals surface area contributed by atoms with Crippen LogP contribution in [0.4, 0.5) is 4.39 Å². The first-order valence-corrected chi connectivity index (χ1v) is 9.34. The van der Waals surface area contributed by atoms with Gasteiger partial charge in [0.1, 0.15) is 5.82 Å². The Labute approximate surface area is 162 Å². The Balaban J connectivity index is 1.80. The molecule has 7 heteroatoms. The van der Waals surface area contributed by atoms with Crippen LogP contribution in [0.25, 0.3) is 22.4 Å². The summed E-state index contributed by atoms with van der Waals surface area (Å²) in [5, 5.41) is 4.60. The average molecular weight is 382 g/mol. The van der Waals surface area contributed by atoms with E-state index in [1.165, 1.54) is 12.1 Å². The van der Waals surface area contributed by atoms with E-state index in [1.807, 2.05) is 4.90 Å². The van der Waals surface area contributed by atoms with Gasteiger partial charge >= 0.3 is 0 Å². The fourth-order valence-corrected chi connectivity index (χ4v) is 3.75. The molecule has 146 valence electrons. The molecular formula is C21H23FN4O2. The van der Waals surface area contributed by atoms with E-state index in [4.69, 9.17) is 10.3 Å². The molecule has 1 aromatic carbocycles. The van der Waals surface area contributed by atoms with Gasteiger partial charge in [0.15, 0.2) is 0 Å². The van der Waals surface area contributed by atoms with Crippen LogP contribution in [-0.2, 0) is 0 Å². The number of rotatable bonds is 2. The maximum atomic E-state index is 13.4. The van der Waals surface area contributed by atoms with Gasteiger partial charge in [0.25, 0.3) is 11.6 Å². The van der Waals surface area contributed by atoms with Crippen molar-refractivity contribution in [3.63, 3.8) is 0 Å².